The lowest BCUT2D eigenvalue weighted by molar-refractivity contribution is -0.167. The van der Waals surface area contributed by atoms with Gasteiger partial charge in [-0.1, -0.05) is 298 Å². The van der Waals surface area contributed by atoms with Crippen molar-refractivity contribution in [1.82, 2.24) is 0 Å². The Morgan fingerprint density at radius 2 is 0.526 bits per heavy atom. The highest BCUT2D eigenvalue weighted by molar-refractivity contribution is 5.71. The van der Waals surface area contributed by atoms with Crippen LogP contribution in [-0.4, -0.2) is 37.2 Å². The molecule has 0 fully saturated rings. The molecule has 0 aromatic heterocycles. The third kappa shape index (κ3) is 61.4. The molecular weight excluding hydrogens is 937 g/mol. The molecule has 0 aromatic rings. The van der Waals surface area contributed by atoms with Crippen LogP contribution in [0, 0.1) is 0 Å². The summed E-state index contributed by atoms with van der Waals surface area (Å²) in [4.78, 5) is 38.3. The van der Waals surface area contributed by atoms with Gasteiger partial charge in [0, 0.05) is 19.3 Å². The van der Waals surface area contributed by atoms with Crippen LogP contribution in [0.1, 0.15) is 323 Å². The zero-order chi connectivity index (χ0) is 55.0. The minimum atomic E-state index is -0.806. The highest BCUT2D eigenvalue weighted by Gasteiger charge is 2.19. The van der Waals surface area contributed by atoms with Crippen molar-refractivity contribution in [1.29, 1.82) is 0 Å². The van der Waals surface area contributed by atoms with Gasteiger partial charge in [-0.3, -0.25) is 14.4 Å². The van der Waals surface area contributed by atoms with Crippen LogP contribution in [0.3, 0.4) is 0 Å². The molecule has 0 amide bonds. The zero-order valence-corrected chi connectivity index (χ0v) is 50.3. The molecule has 6 heteroatoms. The van der Waals surface area contributed by atoms with E-state index in [1.54, 1.807) is 0 Å². The molecule has 0 heterocycles. The lowest BCUT2D eigenvalue weighted by atomic mass is 10.0. The first-order valence-corrected chi connectivity index (χ1v) is 32.6. The molecule has 76 heavy (non-hydrogen) atoms. The van der Waals surface area contributed by atoms with Crippen molar-refractivity contribution < 1.29 is 28.6 Å². The number of carbonyl (C=O) groups excluding carboxylic acids is 3. The van der Waals surface area contributed by atoms with Crippen LogP contribution in [0.5, 0.6) is 0 Å². The molecule has 0 N–H and O–H groups in total. The molecule has 0 aromatic carbocycles. The molecule has 0 rings (SSSR count). The summed E-state index contributed by atoms with van der Waals surface area (Å²) in [5.41, 5.74) is 0. The Kier molecular flexibility index (Phi) is 61.2. The largest absolute Gasteiger partial charge is 0.462 e. The summed E-state index contributed by atoms with van der Waals surface area (Å²) in [6.07, 6.45) is 84.6. The first kappa shape index (κ1) is 72.6. The Morgan fingerprint density at radius 3 is 0.842 bits per heavy atom. The molecule has 0 aliphatic carbocycles. The summed E-state index contributed by atoms with van der Waals surface area (Å²) < 4.78 is 16.9. The molecule has 0 bridgehead atoms. The summed E-state index contributed by atoms with van der Waals surface area (Å²) in [5.74, 6) is -0.941. The van der Waals surface area contributed by atoms with Gasteiger partial charge in [-0.25, -0.2) is 0 Å². The average molecular weight is 1060 g/mol. The summed E-state index contributed by atoms with van der Waals surface area (Å²) >= 11 is 0. The number of allylic oxidation sites excluding steroid dienone is 14. The minimum absolute atomic E-state index is 0.0961. The highest BCUT2D eigenvalue weighted by Crippen LogP contribution is 2.17. The van der Waals surface area contributed by atoms with Crippen molar-refractivity contribution in [2.75, 3.05) is 13.2 Å². The van der Waals surface area contributed by atoms with Crippen molar-refractivity contribution in [3.8, 4) is 0 Å². The zero-order valence-electron chi connectivity index (χ0n) is 50.3. The van der Waals surface area contributed by atoms with Crippen molar-refractivity contribution in [2.24, 2.45) is 0 Å². The lowest BCUT2D eigenvalue weighted by Gasteiger charge is -2.18. The second-order valence-electron chi connectivity index (χ2n) is 21.6. The summed E-state index contributed by atoms with van der Waals surface area (Å²) in [5, 5.41) is 0. The fourth-order valence-corrected chi connectivity index (χ4v) is 9.28. The van der Waals surface area contributed by atoms with E-state index in [0.717, 1.165) is 83.5 Å². The Morgan fingerprint density at radius 1 is 0.276 bits per heavy atom. The third-order valence-corrected chi connectivity index (χ3v) is 14.1. The number of ether oxygens (including phenoxy) is 3. The Hall–Kier alpha value is -3.41. The molecule has 6 nitrogen and oxygen atoms in total. The maximum absolute atomic E-state index is 12.9. The number of carbonyl (C=O) groups is 3. The molecule has 0 aliphatic rings. The van der Waals surface area contributed by atoms with E-state index >= 15 is 0 Å². The normalized spacial score (nSPS) is 12.6. The van der Waals surface area contributed by atoms with Gasteiger partial charge >= 0.3 is 17.9 Å². The molecule has 0 spiro atoms. The van der Waals surface area contributed by atoms with Crippen LogP contribution < -0.4 is 0 Å². The molecule has 0 saturated carbocycles. The molecular formula is C70H122O6. The molecule has 438 valence electrons. The number of hydrogen-bond acceptors (Lipinski definition) is 6. The van der Waals surface area contributed by atoms with Gasteiger partial charge in [0.1, 0.15) is 13.2 Å². The summed E-state index contributed by atoms with van der Waals surface area (Å²) in [6.45, 7) is 6.51. The predicted molar refractivity (Wildman–Crippen MR) is 330 cm³/mol. The van der Waals surface area contributed by atoms with E-state index in [1.807, 2.05) is 0 Å². The molecule has 0 radical (unpaired) electrons. The van der Waals surface area contributed by atoms with Gasteiger partial charge in [0.15, 0.2) is 6.10 Å². The molecule has 1 atom stereocenters. The van der Waals surface area contributed by atoms with Crippen LogP contribution >= 0.6 is 0 Å². The monoisotopic (exact) mass is 1060 g/mol. The first-order valence-electron chi connectivity index (χ1n) is 32.6. The molecule has 0 saturated heterocycles. The minimum Gasteiger partial charge on any atom is -0.462 e. The Labute approximate surface area is 471 Å². The number of rotatable bonds is 59. The maximum Gasteiger partial charge on any atom is 0.306 e. The van der Waals surface area contributed by atoms with E-state index in [2.05, 4.69) is 106 Å². The number of unbranched alkanes of at least 4 members (excludes halogenated alkanes) is 34. The fraction of sp³-hybridized carbons (Fsp3) is 0.757. The lowest BCUT2D eigenvalue weighted by Crippen LogP contribution is -2.30. The number of hydrogen-bond donors (Lipinski definition) is 0. The van der Waals surface area contributed by atoms with Gasteiger partial charge in [0.25, 0.3) is 0 Å². The number of esters is 3. The van der Waals surface area contributed by atoms with Gasteiger partial charge in [-0.15, -0.1) is 0 Å². The predicted octanol–water partition coefficient (Wildman–Crippen LogP) is 22.3. The van der Waals surface area contributed by atoms with Gasteiger partial charge in [0.05, 0.1) is 0 Å². The van der Waals surface area contributed by atoms with E-state index in [9.17, 15) is 14.4 Å². The Bertz CT molecular complexity index is 1450. The topological polar surface area (TPSA) is 78.9 Å². The summed E-state index contributed by atoms with van der Waals surface area (Å²) in [7, 11) is 0. The second kappa shape index (κ2) is 64.1. The Balaban J connectivity index is 4.36. The van der Waals surface area contributed by atoms with Crippen molar-refractivity contribution in [3.05, 3.63) is 85.1 Å². The highest BCUT2D eigenvalue weighted by atomic mass is 16.6. The van der Waals surface area contributed by atoms with Crippen LogP contribution in [0.25, 0.3) is 0 Å². The van der Waals surface area contributed by atoms with Crippen molar-refractivity contribution in [3.63, 3.8) is 0 Å². The van der Waals surface area contributed by atoms with Crippen LogP contribution in [0.15, 0.2) is 85.1 Å². The van der Waals surface area contributed by atoms with Gasteiger partial charge in [-0.05, 0) is 89.9 Å². The smallest absolute Gasteiger partial charge is 0.306 e. The first-order chi connectivity index (χ1) is 37.5. The van der Waals surface area contributed by atoms with Gasteiger partial charge in [-0.2, -0.15) is 0 Å². The van der Waals surface area contributed by atoms with Gasteiger partial charge in [0.2, 0.25) is 0 Å². The van der Waals surface area contributed by atoms with E-state index in [4.69, 9.17) is 14.2 Å². The standard InChI is InChI=1S/C70H122O6/c1-4-7-10-13-16-19-22-25-28-31-32-33-34-35-36-37-38-40-42-45-48-51-54-57-60-63-69(72)75-66-67(65-74-68(71)62-59-56-53-50-47-44-41-30-27-24-21-18-15-12-9-6-3)76-70(73)64-61-58-55-52-49-46-43-39-29-26-23-20-17-14-11-8-5-2/h8,11,17,20,22,25-26,29,31-32,43,46,52,55,67H,4-7,9-10,12-16,18-19,21,23-24,27-28,30,33-42,44-45,47-51,53-54,56-66H2,1-3H3/b11-8-,20-17-,25-22-,29-26-,32-31-,46-43-,55-52-. The average Bonchev–Trinajstić information content (AvgIpc) is 3.42. The van der Waals surface area contributed by atoms with E-state index in [1.165, 1.54) is 193 Å². The fourth-order valence-electron chi connectivity index (χ4n) is 9.28. The third-order valence-electron chi connectivity index (χ3n) is 14.1. The quantitative estimate of drug-likeness (QED) is 0.0261. The van der Waals surface area contributed by atoms with E-state index in [-0.39, 0.29) is 37.5 Å². The van der Waals surface area contributed by atoms with Crippen molar-refractivity contribution in [2.45, 2.75) is 329 Å². The van der Waals surface area contributed by atoms with Crippen LogP contribution in [-0.2, 0) is 28.6 Å². The van der Waals surface area contributed by atoms with Crippen molar-refractivity contribution >= 4 is 17.9 Å². The van der Waals surface area contributed by atoms with Crippen LogP contribution in [0.2, 0.25) is 0 Å². The van der Waals surface area contributed by atoms with Gasteiger partial charge < -0.3 is 14.2 Å². The second-order valence-corrected chi connectivity index (χ2v) is 21.6. The van der Waals surface area contributed by atoms with Crippen LogP contribution in [0.4, 0.5) is 0 Å². The van der Waals surface area contributed by atoms with E-state index in [0.29, 0.717) is 19.3 Å². The van der Waals surface area contributed by atoms with E-state index < -0.39 is 6.10 Å². The summed E-state index contributed by atoms with van der Waals surface area (Å²) in [6, 6.07) is 0. The SMILES string of the molecule is CC/C=C\C/C=C\C/C=C\C/C=C\C/C=C\CCCC(=O)OC(COC(=O)CCCCCCCCCCCCCCC/C=C\C/C=C\CCCCCCC)COC(=O)CCCCCCCCCCCCCCCCCC. The maximum atomic E-state index is 12.9. The molecule has 1 unspecified atom stereocenters. The molecule has 0 aliphatic heterocycles.